The largest absolute Gasteiger partial charge is 0.370 e. The van der Waals surface area contributed by atoms with E-state index in [-0.39, 0.29) is 23.8 Å². The summed E-state index contributed by atoms with van der Waals surface area (Å²) >= 11 is 1.32. The van der Waals surface area contributed by atoms with E-state index in [0.717, 1.165) is 36.4 Å². The zero-order valence-corrected chi connectivity index (χ0v) is 16.2. The van der Waals surface area contributed by atoms with E-state index in [2.05, 4.69) is 20.5 Å². The smallest absolute Gasteiger partial charge is 0.231 e. The van der Waals surface area contributed by atoms with Crippen molar-refractivity contribution in [2.75, 3.05) is 12.4 Å². The molecule has 0 spiro atoms. The highest BCUT2D eigenvalue weighted by Crippen LogP contribution is 2.27. The van der Waals surface area contributed by atoms with Gasteiger partial charge in [0.15, 0.2) is 5.82 Å². The van der Waals surface area contributed by atoms with Gasteiger partial charge >= 0.3 is 0 Å². The molecule has 1 fully saturated rings. The quantitative estimate of drug-likeness (QED) is 0.598. The predicted molar refractivity (Wildman–Crippen MR) is 108 cm³/mol. The average Bonchev–Trinajstić information content (AvgIpc) is 3.43. The van der Waals surface area contributed by atoms with Crippen LogP contribution in [0.25, 0.3) is 0 Å². The Balaban J connectivity index is 1.39. The molecule has 0 unspecified atom stereocenters. The number of rotatable bonds is 7. The van der Waals surface area contributed by atoms with Crippen molar-refractivity contribution in [1.29, 1.82) is 0 Å². The minimum Gasteiger partial charge on any atom is -0.370 e. The summed E-state index contributed by atoms with van der Waals surface area (Å²) in [5, 5.41) is 10.8. The molecule has 4 rings (SSSR count). The van der Waals surface area contributed by atoms with Crippen LogP contribution in [-0.4, -0.2) is 33.4 Å². The molecule has 1 aromatic heterocycles. The summed E-state index contributed by atoms with van der Waals surface area (Å²) in [6.07, 6.45) is 1.99. The molecule has 1 amide bonds. The molecule has 7 heteroatoms. The van der Waals surface area contributed by atoms with Crippen molar-refractivity contribution in [3.8, 4) is 0 Å². The molecule has 6 nitrogen and oxygen atoms in total. The Kier molecular flexibility index (Phi) is 6.04. The number of H-pyrrole nitrogens is 1. The topological polar surface area (TPSA) is 79.9 Å². The second-order valence-corrected chi connectivity index (χ2v) is 7.56. The Labute approximate surface area is 168 Å². The van der Waals surface area contributed by atoms with Crippen LogP contribution in [0.1, 0.15) is 41.9 Å². The van der Waals surface area contributed by atoms with E-state index in [1.165, 1.54) is 11.8 Å². The average molecular weight is 395 g/mol. The first-order chi connectivity index (χ1) is 13.8. The van der Waals surface area contributed by atoms with E-state index >= 15 is 0 Å². The highest BCUT2D eigenvalue weighted by atomic mass is 32.2. The lowest BCUT2D eigenvalue weighted by molar-refractivity contribution is -0.119. The molecule has 1 aliphatic heterocycles. The Bertz CT molecular complexity index is 856. The number of carbonyl (C=O) groups excluding carboxylic acids is 1. The van der Waals surface area contributed by atoms with Gasteiger partial charge < -0.3 is 10.1 Å². The van der Waals surface area contributed by atoms with Crippen molar-refractivity contribution in [2.24, 2.45) is 0 Å². The summed E-state index contributed by atoms with van der Waals surface area (Å²) in [5.74, 6) is 0.928. The molecule has 2 heterocycles. The van der Waals surface area contributed by atoms with Gasteiger partial charge in [0, 0.05) is 6.61 Å². The summed E-state index contributed by atoms with van der Waals surface area (Å²) in [6, 6.07) is 19.8. The normalized spacial score (nSPS) is 16.4. The van der Waals surface area contributed by atoms with Crippen LogP contribution in [0.15, 0.2) is 65.8 Å². The highest BCUT2D eigenvalue weighted by Gasteiger charge is 2.22. The Morgan fingerprint density at radius 2 is 1.82 bits per heavy atom. The van der Waals surface area contributed by atoms with Crippen LogP contribution in [0.5, 0.6) is 0 Å². The third kappa shape index (κ3) is 4.61. The molecule has 0 saturated carbocycles. The van der Waals surface area contributed by atoms with Gasteiger partial charge in [0.25, 0.3) is 0 Å². The molecule has 28 heavy (non-hydrogen) atoms. The summed E-state index contributed by atoms with van der Waals surface area (Å²) in [5.41, 5.74) is 2.09. The van der Waals surface area contributed by atoms with Crippen molar-refractivity contribution >= 4 is 17.7 Å². The number of thioether (sulfide) groups is 1. The number of nitrogens with one attached hydrogen (secondary N) is 2. The zero-order chi connectivity index (χ0) is 19.2. The van der Waals surface area contributed by atoms with Gasteiger partial charge in [0.1, 0.15) is 6.10 Å². The fraction of sp³-hybridized carbons (Fsp3) is 0.286. The number of amides is 1. The molecule has 0 radical (unpaired) electrons. The third-order valence-corrected chi connectivity index (χ3v) is 5.47. The van der Waals surface area contributed by atoms with Crippen molar-refractivity contribution in [1.82, 2.24) is 20.5 Å². The molecule has 3 aromatic rings. The molecule has 0 aliphatic carbocycles. The maximum absolute atomic E-state index is 12.6. The second kappa shape index (κ2) is 9.03. The molecule has 2 N–H and O–H groups in total. The van der Waals surface area contributed by atoms with E-state index < -0.39 is 0 Å². The van der Waals surface area contributed by atoms with Gasteiger partial charge in [0.2, 0.25) is 11.1 Å². The number of nitrogens with zero attached hydrogens (tertiary/aromatic N) is 2. The van der Waals surface area contributed by atoms with E-state index in [0.29, 0.717) is 5.16 Å². The lowest BCUT2D eigenvalue weighted by atomic mass is 9.99. The SMILES string of the molecule is O=C(CSc1n[nH]c([C@@H]2CCCO2)n1)NC(c1ccccc1)c1ccccc1. The van der Waals surface area contributed by atoms with Crippen LogP contribution in [0, 0.1) is 0 Å². The zero-order valence-electron chi connectivity index (χ0n) is 15.4. The minimum atomic E-state index is -0.190. The van der Waals surface area contributed by atoms with Crippen LogP contribution in [-0.2, 0) is 9.53 Å². The second-order valence-electron chi connectivity index (χ2n) is 6.62. The van der Waals surface area contributed by atoms with Crippen LogP contribution in [0.3, 0.4) is 0 Å². The van der Waals surface area contributed by atoms with Gasteiger partial charge in [-0.05, 0) is 24.0 Å². The number of aromatic amines is 1. The molecular weight excluding hydrogens is 372 g/mol. The first-order valence-electron chi connectivity index (χ1n) is 9.35. The Morgan fingerprint density at radius 1 is 1.14 bits per heavy atom. The predicted octanol–water partition coefficient (Wildman–Crippen LogP) is 3.65. The van der Waals surface area contributed by atoms with E-state index in [1.807, 2.05) is 60.7 Å². The highest BCUT2D eigenvalue weighted by molar-refractivity contribution is 7.99. The molecule has 0 bridgehead atoms. The molecule has 2 aromatic carbocycles. The number of hydrogen-bond donors (Lipinski definition) is 2. The molecule has 144 valence electrons. The summed E-state index contributed by atoms with van der Waals surface area (Å²) in [6.45, 7) is 0.761. The van der Waals surface area contributed by atoms with Gasteiger partial charge in [-0.25, -0.2) is 4.98 Å². The summed E-state index contributed by atoms with van der Waals surface area (Å²) in [4.78, 5) is 17.1. The molecule has 1 atom stereocenters. The first kappa shape index (κ1) is 18.7. The van der Waals surface area contributed by atoms with Crippen molar-refractivity contribution in [2.45, 2.75) is 30.1 Å². The van der Waals surface area contributed by atoms with E-state index in [1.54, 1.807) is 0 Å². The van der Waals surface area contributed by atoms with Crippen LogP contribution >= 0.6 is 11.8 Å². The monoisotopic (exact) mass is 394 g/mol. The van der Waals surface area contributed by atoms with Crippen molar-refractivity contribution in [3.05, 3.63) is 77.6 Å². The number of ether oxygens (including phenoxy) is 1. The number of carbonyl (C=O) groups is 1. The van der Waals surface area contributed by atoms with Gasteiger partial charge in [-0.3, -0.25) is 9.89 Å². The maximum atomic E-state index is 12.6. The van der Waals surface area contributed by atoms with Crippen molar-refractivity contribution in [3.63, 3.8) is 0 Å². The molecular formula is C21H22N4O2S. The van der Waals surface area contributed by atoms with Gasteiger partial charge in [-0.2, -0.15) is 0 Å². The Morgan fingerprint density at radius 3 is 2.43 bits per heavy atom. The Hall–Kier alpha value is -2.64. The lowest BCUT2D eigenvalue weighted by Gasteiger charge is -2.19. The molecule has 1 saturated heterocycles. The third-order valence-electron chi connectivity index (χ3n) is 4.62. The maximum Gasteiger partial charge on any atom is 0.231 e. The number of aromatic nitrogens is 3. The van der Waals surface area contributed by atoms with E-state index in [4.69, 9.17) is 4.74 Å². The van der Waals surface area contributed by atoms with Crippen LogP contribution in [0.4, 0.5) is 0 Å². The number of benzene rings is 2. The summed E-state index contributed by atoms with van der Waals surface area (Å²) < 4.78 is 5.61. The first-order valence-corrected chi connectivity index (χ1v) is 10.3. The minimum absolute atomic E-state index is 0.00350. The standard InChI is InChI=1S/C21H22N4O2S/c26-18(14-28-21-23-20(24-25-21)17-12-7-13-27-17)22-19(15-8-3-1-4-9-15)16-10-5-2-6-11-16/h1-6,8-11,17,19H,7,12-14H2,(H,22,26)(H,23,24,25)/t17-/m0/s1. The fourth-order valence-corrected chi connectivity index (χ4v) is 3.86. The van der Waals surface area contributed by atoms with Gasteiger partial charge in [-0.1, -0.05) is 72.4 Å². The van der Waals surface area contributed by atoms with Gasteiger partial charge in [-0.15, -0.1) is 5.10 Å². The van der Waals surface area contributed by atoms with Gasteiger partial charge in [0.05, 0.1) is 11.8 Å². The van der Waals surface area contributed by atoms with E-state index in [9.17, 15) is 4.79 Å². The lowest BCUT2D eigenvalue weighted by Crippen LogP contribution is -2.30. The van der Waals surface area contributed by atoms with Crippen LogP contribution in [0.2, 0.25) is 0 Å². The van der Waals surface area contributed by atoms with Crippen molar-refractivity contribution < 1.29 is 9.53 Å². The number of hydrogen-bond acceptors (Lipinski definition) is 5. The molecule has 1 aliphatic rings. The fourth-order valence-electron chi connectivity index (χ4n) is 3.24. The summed E-state index contributed by atoms with van der Waals surface area (Å²) in [7, 11) is 0. The van der Waals surface area contributed by atoms with Crippen LogP contribution < -0.4 is 5.32 Å².